The first-order valence-electron chi connectivity index (χ1n) is 7.17. The number of nitrogens with zero attached hydrogens (tertiary/aromatic N) is 1. The summed E-state index contributed by atoms with van der Waals surface area (Å²) in [5.74, 6) is 6.03. The van der Waals surface area contributed by atoms with E-state index in [1.165, 1.54) is 0 Å². The fraction of sp³-hybridized carbons (Fsp3) is 0.500. The average Bonchev–Trinajstić information content (AvgIpc) is 2.76. The second-order valence-electron chi connectivity index (χ2n) is 5.77. The highest BCUT2D eigenvalue weighted by atomic mass is 32.2. The van der Waals surface area contributed by atoms with Crippen molar-refractivity contribution in [2.45, 2.75) is 38.1 Å². The van der Waals surface area contributed by atoms with Gasteiger partial charge in [0.05, 0.1) is 11.4 Å². The van der Waals surface area contributed by atoms with Gasteiger partial charge in [-0.3, -0.25) is 0 Å². The highest BCUT2D eigenvalue weighted by molar-refractivity contribution is 7.89. The molecule has 0 radical (unpaired) electrons. The van der Waals surface area contributed by atoms with E-state index in [0.717, 1.165) is 12.0 Å². The van der Waals surface area contributed by atoms with Crippen LogP contribution in [0.2, 0.25) is 0 Å². The van der Waals surface area contributed by atoms with E-state index in [1.54, 1.807) is 16.4 Å². The number of nitrogens with two attached hydrogens (primary N) is 1. The summed E-state index contributed by atoms with van der Waals surface area (Å²) in [4.78, 5) is 0.287. The first-order chi connectivity index (χ1) is 9.86. The first kappa shape index (κ1) is 16.0. The molecule has 0 amide bonds. The van der Waals surface area contributed by atoms with E-state index in [0.29, 0.717) is 18.0 Å². The molecule has 1 heterocycles. The third-order valence-corrected chi connectivity index (χ3v) is 5.81. The lowest BCUT2D eigenvalue weighted by Gasteiger charge is -2.22. The van der Waals surface area contributed by atoms with Gasteiger partial charge in [-0.2, -0.15) is 4.31 Å². The summed E-state index contributed by atoms with van der Waals surface area (Å²) in [6, 6.07) is 5.30. The van der Waals surface area contributed by atoms with Gasteiger partial charge in [-0.15, -0.1) is 0 Å². The van der Waals surface area contributed by atoms with Crippen molar-refractivity contribution in [1.82, 2.24) is 4.31 Å². The van der Waals surface area contributed by atoms with Crippen molar-refractivity contribution in [2.75, 3.05) is 13.1 Å². The molecule has 1 aromatic rings. The summed E-state index contributed by atoms with van der Waals surface area (Å²) < 4.78 is 27.4. The zero-order valence-corrected chi connectivity index (χ0v) is 13.6. The van der Waals surface area contributed by atoms with E-state index >= 15 is 0 Å². The highest BCUT2D eigenvalue weighted by Crippen LogP contribution is 2.30. The van der Waals surface area contributed by atoms with Crippen molar-refractivity contribution in [3.63, 3.8) is 0 Å². The Hall–Kier alpha value is -1.35. The number of hydrogen-bond acceptors (Lipinski definition) is 3. The van der Waals surface area contributed by atoms with Gasteiger partial charge in [0, 0.05) is 18.2 Å². The Morgan fingerprint density at radius 2 is 2.10 bits per heavy atom. The summed E-state index contributed by atoms with van der Waals surface area (Å²) in [6.45, 7) is 6.74. The molecule has 0 spiro atoms. The molecule has 2 rings (SSSR count). The van der Waals surface area contributed by atoms with Crippen LogP contribution in [0.5, 0.6) is 0 Å². The van der Waals surface area contributed by atoms with Crippen LogP contribution in [-0.2, 0) is 10.0 Å². The summed E-state index contributed by atoms with van der Waals surface area (Å²) in [5, 5.41) is 0. The van der Waals surface area contributed by atoms with E-state index in [4.69, 9.17) is 5.73 Å². The van der Waals surface area contributed by atoms with Gasteiger partial charge in [-0.25, -0.2) is 8.42 Å². The predicted octanol–water partition coefficient (Wildman–Crippen LogP) is 1.72. The van der Waals surface area contributed by atoms with Gasteiger partial charge in [0.1, 0.15) is 0 Å². The molecule has 5 heteroatoms. The number of sulfonamides is 1. The van der Waals surface area contributed by atoms with Crippen LogP contribution >= 0.6 is 0 Å². The van der Waals surface area contributed by atoms with Crippen LogP contribution in [0.15, 0.2) is 23.1 Å². The lowest BCUT2D eigenvalue weighted by Crippen LogP contribution is -2.34. The van der Waals surface area contributed by atoms with E-state index in [-0.39, 0.29) is 17.5 Å². The molecule has 114 valence electrons. The van der Waals surface area contributed by atoms with Gasteiger partial charge < -0.3 is 5.73 Å². The smallest absolute Gasteiger partial charge is 0.244 e. The highest BCUT2D eigenvalue weighted by Gasteiger charge is 2.36. The molecular weight excluding hydrogens is 284 g/mol. The number of rotatable bonds is 2. The Bertz CT molecular complexity index is 686. The zero-order chi connectivity index (χ0) is 15.6. The van der Waals surface area contributed by atoms with Crippen molar-refractivity contribution < 1.29 is 8.42 Å². The van der Waals surface area contributed by atoms with E-state index in [9.17, 15) is 8.42 Å². The summed E-state index contributed by atoms with van der Waals surface area (Å²) in [6.07, 6.45) is 0.898. The topological polar surface area (TPSA) is 63.4 Å². The lowest BCUT2D eigenvalue weighted by molar-refractivity contribution is 0.405. The third-order valence-electron chi connectivity index (χ3n) is 3.77. The Morgan fingerprint density at radius 3 is 2.67 bits per heavy atom. The van der Waals surface area contributed by atoms with E-state index in [1.807, 2.05) is 19.9 Å². The molecule has 21 heavy (non-hydrogen) atoms. The second-order valence-corrected chi connectivity index (χ2v) is 7.63. The Morgan fingerprint density at radius 1 is 1.38 bits per heavy atom. The minimum absolute atomic E-state index is 0.0293. The molecular formula is C16H22N2O2S. The molecule has 1 aromatic carbocycles. The maximum atomic E-state index is 12.9. The number of aryl methyl sites for hydroxylation is 1. The van der Waals surface area contributed by atoms with Crippen molar-refractivity contribution in [1.29, 1.82) is 0 Å². The fourth-order valence-corrected chi connectivity index (χ4v) is 4.73. The molecule has 1 aliphatic rings. The normalized spacial score (nSPS) is 22.9. The van der Waals surface area contributed by atoms with Gasteiger partial charge >= 0.3 is 0 Å². The average molecular weight is 306 g/mol. The number of benzene rings is 1. The number of hydrogen-bond donors (Lipinski definition) is 1. The molecule has 0 bridgehead atoms. The predicted molar refractivity (Wildman–Crippen MR) is 84.2 cm³/mol. The molecule has 1 fully saturated rings. The largest absolute Gasteiger partial charge is 0.320 e. The molecule has 2 N–H and O–H groups in total. The minimum atomic E-state index is -3.51. The monoisotopic (exact) mass is 306 g/mol. The first-order valence-corrected chi connectivity index (χ1v) is 8.61. The van der Waals surface area contributed by atoms with Crippen LogP contribution in [0.3, 0.4) is 0 Å². The SMILES string of the molecule is Cc1ccc(S(=O)(=O)N2CC(C)CC2C)c(C#CCN)c1. The lowest BCUT2D eigenvalue weighted by atomic mass is 10.1. The van der Waals surface area contributed by atoms with Gasteiger partial charge in [0.25, 0.3) is 0 Å². The second kappa shape index (κ2) is 6.18. The minimum Gasteiger partial charge on any atom is -0.320 e. The molecule has 2 unspecified atom stereocenters. The zero-order valence-electron chi connectivity index (χ0n) is 12.8. The maximum absolute atomic E-state index is 12.9. The van der Waals surface area contributed by atoms with Gasteiger partial charge in [-0.1, -0.05) is 24.8 Å². The van der Waals surface area contributed by atoms with Gasteiger partial charge in [0.2, 0.25) is 10.0 Å². The van der Waals surface area contributed by atoms with Gasteiger partial charge in [-0.05, 0) is 43.9 Å². The molecule has 1 aliphatic heterocycles. The van der Waals surface area contributed by atoms with Crippen LogP contribution in [0, 0.1) is 24.7 Å². The summed E-state index contributed by atoms with van der Waals surface area (Å²) >= 11 is 0. The van der Waals surface area contributed by atoms with Crippen LogP contribution in [0.1, 0.15) is 31.4 Å². The Labute approximate surface area is 127 Å². The van der Waals surface area contributed by atoms with Crippen molar-refractivity contribution in [2.24, 2.45) is 11.7 Å². The Balaban J connectivity index is 2.50. The third kappa shape index (κ3) is 3.29. The maximum Gasteiger partial charge on any atom is 0.244 e. The fourth-order valence-electron chi connectivity index (χ4n) is 2.84. The molecule has 1 saturated heterocycles. The van der Waals surface area contributed by atoms with Crippen molar-refractivity contribution in [3.05, 3.63) is 29.3 Å². The van der Waals surface area contributed by atoms with Crippen molar-refractivity contribution >= 4 is 10.0 Å². The van der Waals surface area contributed by atoms with E-state index in [2.05, 4.69) is 18.8 Å². The van der Waals surface area contributed by atoms with Crippen LogP contribution in [0.4, 0.5) is 0 Å². The van der Waals surface area contributed by atoms with Crippen LogP contribution in [0.25, 0.3) is 0 Å². The molecule has 2 atom stereocenters. The van der Waals surface area contributed by atoms with Crippen LogP contribution < -0.4 is 5.73 Å². The van der Waals surface area contributed by atoms with E-state index < -0.39 is 10.0 Å². The summed E-state index contributed by atoms with van der Waals surface area (Å²) in [5.41, 5.74) is 6.92. The van der Waals surface area contributed by atoms with Gasteiger partial charge in [0.15, 0.2) is 0 Å². The summed E-state index contributed by atoms with van der Waals surface area (Å²) in [7, 11) is -3.51. The molecule has 4 nitrogen and oxygen atoms in total. The molecule has 0 aliphatic carbocycles. The van der Waals surface area contributed by atoms with Crippen LogP contribution in [-0.4, -0.2) is 31.9 Å². The van der Waals surface area contributed by atoms with Crippen molar-refractivity contribution in [3.8, 4) is 11.8 Å². The Kier molecular flexibility index (Phi) is 4.72. The molecule has 0 saturated carbocycles. The molecule has 0 aromatic heterocycles. The standard InChI is InChI=1S/C16H22N2O2S/c1-12-6-7-16(15(10-12)5-4-8-17)21(19,20)18-11-13(2)9-14(18)3/h6-7,10,13-14H,8-9,11,17H2,1-3H3. The quantitative estimate of drug-likeness (QED) is 0.846.